The van der Waals surface area contributed by atoms with Gasteiger partial charge in [-0.1, -0.05) is 37.3 Å². The SMILES string of the molecule is CCc1cccc(NC(=O)Cn2c(=O)c3cccnc3n(-c3ccccc3)c2=O)c1. The maximum absolute atomic E-state index is 13.2. The first kappa shape index (κ1) is 19.3. The van der Waals surface area contributed by atoms with E-state index in [-0.39, 0.29) is 11.0 Å². The van der Waals surface area contributed by atoms with E-state index in [4.69, 9.17) is 0 Å². The minimum Gasteiger partial charge on any atom is -0.325 e. The molecule has 7 heteroatoms. The minimum absolute atomic E-state index is 0.256. The smallest absolute Gasteiger partial charge is 0.325 e. The lowest BCUT2D eigenvalue weighted by Crippen LogP contribution is -2.42. The van der Waals surface area contributed by atoms with Crippen LogP contribution in [0.3, 0.4) is 0 Å². The van der Waals surface area contributed by atoms with Crippen LogP contribution in [0.15, 0.2) is 82.5 Å². The maximum Gasteiger partial charge on any atom is 0.337 e. The standard InChI is InChI=1S/C23H20N4O3/c1-2-16-8-6-9-17(14-16)25-20(28)15-26-22(29)19-12-7-13-24-21(19)27(23(26)30)18-10-4-3-5-11-18/h3-14H,2,15H2,1H3,(H,25,28). The van der Waals surface area contributed by atoms with Gasteiger partial charge in [-0.15, -0.1) is 0 Å². The highest BCUT2D eigenvalue weighted by molar-refractivity contribution is 5.90. The van der Waals surface area contributed by atoms with E-state index in [0.717, 1.165) is 16.6 Å². The lowest BCUT2D eigenvalue weighted by molar-refractivity contribution is -0.116. The van der Waals surface area contributed by atoms with Crippen molar-refractivity contribution in [2.45, 2.75) is 19.9 Å². The zero-order valence-electron chi connectivity index (χ0n) is 16.4. The van der Waals surface area contributed by atoms with E-state index in [1.807, 2.05) is 31.2 Å². The van der Waals surface area contributed by atoms with E-state index in [1.54, 1.807) is 42.5 Å². The van der Waals surface area contributed by atoms with Crippen LogP contribution in [0.4, 0.5) is 5.69 Å². The lowest BCUT2D eigenvalue weighted by atomic mass is 10.1. The van der Waals surface area contributed by atoms with Crippen molar-refractivity contribution < 1.29 is 4.79 Å². The summed E-state index contributed by atoms with van der Waals surface area (Å²) < 4.78 is 2.29. The largest absolute Gasteiger partial charge is 0.337 e. The highest BCUT2D eigenvalue weighted by Crippen LogP contribution is 2.12. The van der Waals surface area contributed by atoms with Crippen LogP contribution in [0.1, 0.15) is 12.5 Å². The van der Waals surface area contributed by atoms with E-state index in [1.165, 1.54) is 10.8 Å². The van der Waals surface area contributed by atoms with Gasteiger partial charge in [-0.3, -0.25) is 9.59 Å². The summed E-state index contributed by atoms with van der Waals surface area (Å²) in [6.07, 6.45) is 2.36. The van der Waals surface area contributed by atoms with Crippen LogP contribution in [-0.4, -0.2) is 20.0 Å². The second kappa shape index (κ2) is 8.16. The second-order valence-electron chi connectivity index (χ2n) is 6.82. The summed E-state index contributed by atoms with van der Waals surface area (Å²) >= 11 is 0. The Bertz CT molecular complexity index is 1340. The molecular weight excluding hydrogens is 380 g/mol. The number of benzene rings is 2. The summed E-state index contributed by atoms with van der Waals surface area (Å²) in [6.45, 7) is 1.63. The average Bonchev–Trinajstić information content (AvgIpc) is 2.77. The summed E-state index contributed by atoms with van der Waals surface area (Å²) in [6, 6.07) is 19.6. The number of anilines is 1. The predicted octanol–water partition coefficient (Wildman–Crippen LogP) is 2.75. The van der Waals surface area contributed by atoms with Gasteiger partial charge < -0.3 is 5.32 Å². The molecule has 0 atom stereocenters. The topological polar surface area (TPSA) is 86.0 Å². The van der Waals surface area contributed by atoms with Crippen LogP contribution in [-0.2, 0) is 17.8 Å². The fourth-order valence-corrected chi connectivity index (χ4v) is 3.35. The van der Waals surface area contributed by atoms with Gasteiger partial charge in [0.05, 0.1) is 11.1 Å². The second-order valence-corrected chi connectivity index (χ2v) is 6.82. The first-order valence-corrected chi connectivity index (χ1v) is 9.63. The molecule has 1 amide bonds. The Balaban J connectivity index is 1.78. The lowest BCUT2D eigenvalue weighted by Gasteiger charge is -2.13. The fraction of sp³-hybridized carbons (Fsp3) is 0.130. The summed E-state index contributed by atoms with van der Waals surface area (Å²) in [5.74, 6) is -0.453. The third-order valence-electron chi connectivity index (χ3n) is 4.83. The number of pyridine rings is 1. The van der Waals surface area contributed by atoms with Crippen LogP contribution < -0.4 is 16.6 Å². The van der Waals surface area contributed by atoms with Crippen molar-refractivity contribution in [1.29, 1.82) is 0 Å². The van der Waals surface area contributed by atoms with Gasteiger partial charge in [0, 0.05) is 11.9 Å². The molecule has 4 rings (SSSR count). The molecule has 0 fully saturated rings. The molecule has 2 aromatic carbocycles. The maximum atomic E-state index is 13.2. The van der Waals surface area contributed by atoms with Gasteiger partial charge in [-0.05, 0) is 48.4 Å². The zero-order chi connectivity index (χ0) is 21.1. The fourth-order valence-electron chi connectivity index (χ4n) is 3.35. The Labute approximate surface area is 172 Å². The zero-order valence-corrected chi connectivity index (χ0v) is 16.4. The average molecular weight is 400 g/mol. The van der Waals surface area contributed by atoms with Gasteiger partial charge in [0.2, 0.25) is 5.91 Å². The molecule has 0 saturated heterocycles. The number of carbonyl (C=O) groups excluding carboxylic acids is 1. The van der Waals surface area contributed by atoms with Crippen LogP contribution in [0.25, 0.3) is 16.7 Å². The molecule has 7 nitrogen and oxygen atoms in total. The molecule has 0 saturated carbocycles. The molecular formula is C23H20N4O3. The monoisotopic (exact) mass is 400 g/mol. The predicted molar refractivity (Wildman–Crippen MR) is 116 cm³/mol. The van der Waals surface area contributed by atoms with E-state index < -0.39 is 23.7 Å². The van der Waals surface area contributed by atoms with Gasteiger partial charge >= 0.3 is 5.69 Å². The number of para-hydroxylation sites is 1. The van der Waals surface area contributed by atoms with Crippen molar-refractivity contribution in [2.24, 2.45) is 0 Å². The molecule has 0 spiro atoms. The van der Waals surface area contributed by atoms with Crippen LogP contribution in [0.2, 0.25) is 0 Å². The van der Waals surface area contributed by atoms with Crippen molar-refractivity contribution in [1.82, 2.24) is 14.1 Å². The van der Waals surface area contributed by atoms with Gasteiger partial charge in [0.1, 0.15) is 6.54 Å². The van der Waals surface area contributed by atoms with Gasteiger partial charge in [-0.2, -0.15) is 0 Å². The number of amides is 1. The number of hydrogen-bond donors (Lipinski definition) is 1. The molecule has 4 aromatic rings. The van der Waals surface area contributed by atoms with Crippen LogP contribution in [0, 0.1) is 0 Å². The molecule has 0 aliphatic heterocycles. The van der Waals surface area contributed by atoms with Crippen LogP contribution in [0.5, 0.6) is 0 Å². The molecule has 0 unspecified atom stereocenters. The number of hydrogen-bond acceptors (Lipinski definition) is 4. The number of nitrogens with zero attached hydrogens (tertiary/aromatic N) is 3. The summed E-state index contributed by atoms with van der Waals surface area (Å²) in [5, 5.41) is 3.03. The summed E-state index contributed by atoms with van der Waals surface area (Å²) in [7, 11) is 0. The summed E-state index contributed by atoms with van der Waals surface area (Å²) in [4.78, 5) is 43.0. The highest BCUT2D eigenvalue weighted by atomic mass is 16.2. The Morgan fingerprint density at radius 3 is 2.57 bits per heavy atom. The Morgan fingerprint density at radius 1 is 1.00 bits per heavy atom. The molecule has 2 aromatic heterocycles. The number of aryl methyl sites for hydroxylation is 1. The number of carbonyl (C=O) groups is 1. The summed E-state index contributed by atoms with van der Waals surface area (Å²) in [5.41, 5.74) is 1.36. The third-order valence-corrected chi connectivity index (χ3v) is 4.83. The molecule has 2 heterocycles. The van der Waals surface area contributed by atoms with Crippen molar-refractivity contribution in [2.75, 3.05) is 5.32 Å². The van der Waals surface area contributed by atoms with Gasteiger partial charge in [-0.25, -0.2) is 18.9 Å². The number of nitrogens with one attached hydrogen (secondary N) is 1. The first-order valence-electron chi connectivity index (χ1n) is 9.63. The normalized spacial score (nSPS) is 10.8. The molecule has 150 valence electrons. The van der Waals surface area contributed by atoms with Gasteiger partial charge in [0.15, 0.2) is 5.65 Å². The quantitative estimate of drug-likeness (QED) is 0.558. The molecule has 0 bridgehead atoms. The van der Waals surface area contributed by atoms with Crippen molar-refractivity contribution in [3.8, 4) is 5.69 Å². The minimum atomic E-state index is -0.616. The Hall–Kier alpha value is -4.00. The highest BCUT2D eigenvalue weighted by Gasteiger charge is 2.17. The molecule has 0 aliphatic carbocycles. The van der Waals surface area contributed by atoms with Crippen molar-refractivity contribution in [3.63, 3.8) is 0 Å². The Morgan fingerprint density at radius 2 is 1.80 bits per heavy atom. The number of rotatable bonds is 5. The van der Waals surface area contributed by atoms with Crippen molar-refractivity contribution in [3.05, 3.63) is 99.3 Å². The first-order chi connectivity index (χ1) is 14.6. The van der Waals surface area contributed by atoms with E-state index in [9.17, 15) is 14.4 Å². The molecule has 0 radical (unpaired) electrons. The van der Waals surface area contributed by atoms with E-state index in [0.29, 0.717) is 11.4 Å². The molecule has 30 heavy (non-hydrogen) atoms. The number of aromatic nitrogens is 3. The third kappa shape index (κ3) is 3.65. The van der Waals surface area contributed by atoms with E-state index in [2.05, 4.69) is 10.3 Å². The van der Waals surface area contributed by atoms with Gasteiger partial charge in [0.25, 0.3) is 5.56 Å². The number of fused-ring (bicyclic) bond motifs is 1. The van der Waals surface area contributed by atoms with Crippen LogP contribution >= 0.6 is 0 Å². The Kier molecular flexibility index (Phi) is 5.26. The molecule has 0 aliphatic rings. The van der Waals surface area contributed by atoms with Crippen molar-refractivity contribution >= 4 is 22.6 Å². The van der Waals surface area contributed by atoms with E-state index >= 15 is 0 Å². The molecule has 1 N–H and O–H groups in total.